The van der Waals surface area contributed by atoms with E-state index in [1.165, 1.54) is 0 Å². The molecule has 5 heteroatoms. The van der Waals surface area contributed by atoms with Crippen LogP contribution in [0.2, 0.25) is 0 Å². The number of nitrogens with one attached hydrogen (secondary N) is 1. The van der Waals surface area contributed by atoms with E-state index in [1.54, 1.807) is 0 Å². The monoisotopic (exact) mass is 376 g/mol. The summed E-state index contributed by atoms with van der Waals surface area (Å²) in [5.74, 6) is 0.0274. The Morgan fingerprint density at radius 1 is 1.11 bits per heavy atom. The summed E-state index contributed by atoms with van der Waals surface area (Å²) in [7, 11) is 0. The molecule has 28 heavy (non-hydrogen) atoms. The van der Waals surface area contributed by atoms with Gasteiger partial charge in [-0.3, -0.25) is 9.69 Å². The number of para-hydroxylation sites is 1. The van der Waals surface area contributed by atoms with Crippen molar-refractivity contribution in [2.45, 2.75) is 33.2 Å². The van der Waals surface area contributed by atoms with E-state index in [-0.39, 0.29) is 11.9 Å². The van der Waals surface area contributed by atoms with E-state index in [1.807, 2.05) is 57.2 Å². The summed E-state index contributed by atoms with van der Waals surface area (Å²) in [6.07, 6.45) is 0.959. The van der Waals surface area contributed by atoms with Crippen LogP contribution in [0.25, 0.3) is 0 Å². The van der Waals surface area contributed by atoms with Crippen LogP contribution in [0.3, 0.4) is 0 Å². The summed E-state index contributed by atoms with van der Waals surface area (Å²) in [6.45, 7) is 9.37. The topological polar surface area (TPSA) is 59.4 Å². The van der Waals surface area contributed by atoms with Crippen molar-refractivity contribution in [2.75, 3.05) is 36.4 Å². The fraction of sp³-hybridized carbons (Fsp3) is 0.391. The Morgan fingerprint density at radius 3 is 2.68 bits per heavy atom. The largest absolute Gasteiger partial charge is 0.369 e. The van der Waals surface area contributed by atoms with Crippen LogP contribution in [0.4, 0.5) is 11.4 Å². The fourth-order valence-corrected chi connectivity index (χ4v) is 3.68. The molecular formula is C23H28N4O. The third kappa shape index (κ3) is 4.52. The lowest BCUT2D eigenvalue weighted by molar-refractivity contribution is -0.120. The molecule has 146 valence electrons. The van der Waals surface area contributed by atoms with E-state index in [9.17, 15) is 10.1 Å². The highest BCUT2D eigenvalue weighted by Gasteiger charge is 2.25. The molecule has 1 saturated heterocycles. The second kappa shape index (κ2) is 8.90. The fourth-order valence-electron chi connectivity index (χ4n) is 3.68. The summed E-state index contributed by atoms with van der Waals surface area (Å²) >= 11 is 0. The summed E-state index contributed by atoms with van der Waals surface area (Å²) in [5.41, 5.74) is 4.78. The molecule has 1 aliphatic heterocycles. The lowest BCUT2D eigenvalue weighted by Crippen LogP contribution is -2.44. The van der Waals surface area contributed by atoms with Gasteiger partial charge in [0.15, 0.2) is 0 Å². The smallest absolute Gasteiger partial charge is 0.241 e. The molecule has 0 saturated carbocycles. The SMILES string of the molecule is Cc1ccc(C)c(NC(=O)C(C)N2CCCN(c3ccccc3C#N)CC2)c1. The number of hydrogen-bond donors (Lipinski definition) is 1. The van der Waals surface area contributed by atoms with Crippen molar-refractivity contribution in [3.05, 3.63) is 59.2 Å². The van der Waals surface area contributed by atoms with Crippen LogP contribution in [0, 0.1) is 25.2 Å². The van der Waals surface area contributed by atoms with Gasteiger partial charge in [-0.2, -0.15) is 5.26 Å². The van der Waals surface area contributed by atoms with E-state index in [0.29, 0.717) is 5.56 Å². The molecule has 1 heterocycles. The molecule has 1 fully saturated rings. The third-order valence-corrected chi connectivity index (χ3v) is 5.47. The number of carbonyl (C=O) groups excluding carboxylic acids is 1. The Morgan fingerprint density at radius 2 is 1.89 bits per heavy atom. The van der Waals surface area contributed by atoms with Crippen molar-refractivity contribution >= 4 is 17.3 Å². The van der Waals surface area contributed by atoms with Gasteiger partial charge in [-0.05, 0) is 56.5 Å². The minimum Gasteiger partial charge on any atom is -0.369 e. The number of rotatable bonds is 4. The predicted octanol–water partition coefficient (Wildman–Crippen LogP) is 3.71. The number of anilines is 2. The molecule has 0 bridgehead atoms. The summed E-state index contributed by atoms with van der Waals surface area (Å²) in [5, 5.41) is 12.5. The zero-order valence-electron chi connectivity index (χ0n) is 16.9. The zero-order chi connectivity index (χ0) is 20.1. The first-order valence-corrected chi connectivity index (χ1v) is 9.86. The second-order valence-corrected chi connectivity index (χ2v) is 7.49. The van der Waals surface area contributed by atoms with Crippen molar-refractivity contribution in [1.29, 1.82) is 5.26 Å². The Bertz CT molecular complexity index is 886. The van der Waals surface area contributed by atoms with E-state index in [0.717, 1.165) is 55.1 Å². The molecule has 2 aromatic carbocycles. The molecule has 0 aliphatic carbocycles. The van der Waals surface area contributed by atoms with E-state index in [2.05, 4.69) is 27.3 Å². The summed E-state index contributed by atoms with van der Waals surface area (Å²) < 4.78 is 0. The van der Waals surface area contributed by atoms with Gasteiger partial charge < -0.3 is 10.2 Å². The zero-order valence-corrected chi connectivity index (χ0v) is 16.9. The highest BCUT2D eigenvalue weighted by atomic mass is 16.2. The van der Waals surface area contributed by atoms with Crippen LogP contribution in [0.15, 0.2) is 42.5 Å². The maximum Gasteiger partial charge on any atom is 0.241 e. The van der Waals surface area contributed by atoms with Crippen LogP contribution in [-0.4, -0.2) is 43.0 Å². The summed E-state index contributed by atoms with van der Waals surface area (Å²) in [4.78, 5) is 17.3. The van der Waals surface area contributed by atoms with Crippen molar-refractivity contribution < 1.29 is 4.79 Å². The van der Waals surface area contributed by atoms with Crippen LogP contribution in [0.1, 0.15) is 30.0 Å². The Kier molecular flexibility index (Phi) is 6.33. The van der Waals surface area contributed by atoms with Crippen LogP contribution >= 0.6 is 0 Å². The molecule has 1 unspecified atom stereocenters. The first-order valence-electron chi connectivity index (χ1n) is 9.86. The maximum atomic E-state index is 12.8. The van der Waals surface area contributed by atoms with E-state index >= 15 is 0 Å². The number of amides is 1. The third-order valence-electron chi connectivity index (χ3n) is 5.47. The molecule has 1 atom stereocenters. The lowest BCUT2D eigenvalue weighted by atomic mass is 10.1. The van der Waals surface area contributed by atoms with Gasteiger partial charge in [0.2, 0.25) is 5.91 Å². The quantitative estimate of drug-likeness (QED) is 0.884. The number of carbonyl (C=O) groups is 1. The van der Waals surface area contributed by atoms with Gasteiger partial charge in [0, 0.05) is 31.9 Å². The average molecular weight is 377 g/mol. The van der Waals surface area contributed by atoms with Gasteiger partial charge in [-0.1, -0.05) is 24.3 Å². The Labute approximate surface area is 167 Å². The van der Waals surface area contributed by atoms with E-state index < -0.39 is 0 Å². The number of nitrogens with zero attached hydrogens (tertiary/aromatic N) is 3. The molecule has 5 nitrogen and oxygen atoms in total. The summed E-state index contributed by atoms with van der Waals surface area (Å²) in [6, 6.07) is 15.9. The minimum absolute atomic E-state index is 0.0274. The normalized spacial score (nSPS) is 16.1. The maximum absolute atomic E-state index is 12.8. The van der Waals surface area contributed by atoms with Gasteiger partial charge in [0.25, 0.3) is 0 Å². The van der Waals surface area contributed by atoms with Gasteiger partial charge in [-0.25, -0.2) is 0 Å². The first-order chi connectivity index (χ1) is 13.5. The number of benzene rings is 2. The molecule has 0 aromatic heterocycles. The van der Waals surface area contributed by atoms with Gasteiger partial charge in [-0.15, -0.1) is 0 Å². The standard InChI is InChI=1S/C23H28N4O/c1-17-9-10-18(2)21(15-17)25-23(28)19(3)26-11-6-12-27(14-13-26)22-8-5-4-7-20(22)16-24/h4-5,7-10,15,19H,6,11-14H2,1-3H3,(H,25,28). The average Bonchev–Trinajstić information content (AvgIpc) is 2.96. The number of nitriles is 1. The van der Waals surface area contributed by atoms with Crippen molar-refractivity contribution in [3.63, 3.8) is 0 Å². The Hall–Kier alpha value is -2.84. The minimum atomic E-state index is -0.203. The molecule has 0 spiro atoms. The van der Waals surface area contributed by atoms with Crippen LogP contribution in [0.5, 0.6) is 0 Å². The highest BCUT2D eigenvalue weighted by molar-refractivity contribution is 5.95. The lowest BCUT2D eigenvalue weighted by Gasteiger charge is -2.28. The predicted molar refractivity (Wildman–Crippen MR) is 114 cm³/mol. The van der Waals surface area contributed by atoms with Crippen LogP contribution in [-0.2, 0) is 4.79 Å². The van der Waals surface area contributed by atoms with Crippen LogP contribution < -0.4 is 10.2 Å². The van der Waals surface area contributed by atoms with Gasteiger partial charge in [0.1, 0.15) is 6.07 Å². The molecule has 0 radical (unpaired) electrons. The van der Waals surface area contributed by atoms with E-state index in [4.69, 9.17) is 0 Å². The number of aryl methyl sites for hydroxylation is 2. The second-order valence-electron chi connectivity index (χ2n) is 7.49. The number of hydrogen-bond acceptors (Lipinski definition) is 4. The molecule has 3 rings (SSSR count). The van der Waals surface area contributed by atoms with Gasteiger partial charge in [0.05, 0.1) is 17.3 Å². The molecule has 1 N–H and O–H groups in total. The van der Waals surface area contributed by atoms with Crippen molar-refractivity contribution in [1.82, 2.24) is 4.90 Å². The Balaban J connectivity index is 1.65. The van der Waals surface area contributed by atoms with Crippen molar-refractivity contribution in [3.8, 4) is 6.07 Å². The first kappa shape index (κ1) is 19.9. The van der Waals surface area contributed by atoms with Crippen molar-refractivity contribution in [2.24, 2.45) is 0 Å². The van der Waals surface area contributed by atoms with Gasteiger partial charge >= 0.3 is 0 Å². The molecular weight excluding hydrogens is 348 g/mol. The molecule has 1 aliphatic rings. The highest BCUT2D eigenvalue weighted by Crippen LogP contribution is 2.22. The molecule has 2 aromatic rings. The molecule has 1 amide bonds.